The molecule has 0 radical (unpaired) electrons. The van der Waals surface area contributed by atoms with Crippen molar-refractivity contribution in [2.45, 2.75) is 26.4 Å². The van der Waals surface area contributed by atoms with Crippen LogP contribution in [0.15, 0.2) is 5.38 Å². The Kier molecular flexibility index (Phi) is 4.42. The molecule has 0 aromatic carbocycles. The standard InChI is InChI=1S/C11H17N3O3S/c1-7(15)12-10-13-8(5-18-10)9(16)14(4)6-11(2,3)17/h5,17H,6H2,1-4H3,(H,12,13,15). The average Bonchev–Trinajstić information content (AvgIpc) is 2.61. The molecule has 0 unspecified atom stereocenters. The second-order valence-electron chi connectivity index (χ2n) is 4.69. The van der Waals surface area contributed by atoms with Crippen molar-refractivity contribution in [1.29, 1.82) is 0 Å². The van der Waals surface area contributed by atoms with Crippen molar-refractivity contribution in [1.82, 2.24) is 9.88 Å². The first-order valence-corrected chi connectivity index (χ1v) is 6.28. The number of aliphatic hydroxyl groups is 1. The highest BCUT2D eigenvalue weighted by Gasteiger charge is 2.22. The number of carbonyl (C=O) groups excluding carboxylic acids is 2. The first-order valence-electron chi connectivity index (χ1n) is 5.40. The van der Waals surface area contributed by atoms with Gasteiger partial charge in [-0.25, -0.2) is 4.98 Å². The Balaban J connectivity index is 2.72. The Morgan fingerprint density at radius 3 is 2.67 bits per heavy atom. The summed E-state index contributed by atoms with van der Waals surface area (Å²) in [5, 5.41) is 14.1. The van der Waals surface area contributed by atoms with Gasteiger partial charge in [-0.1, -0.05) is 0 Å². The van der Waals surface area contributed by atoms with Gasteiger partial charge in [0.15, 0.2) is 5.13 Å². The van der Waals surface area contributed by atoms with Gasteiger partial charge in [-0.15, -0.1) is 11.3 Å². The summed E-state index contributed by atoms with van der Waals surface area (Å²) in [6, 6.07) is 0. The zero-order valence-electron chi connectivity index (χ0n) is 10.9. The third kappa shape index (κ3) is 4.42. The van der Waals surface area contributed by atoms with E-state index in [0.29, 0.717) is 5.13 Å². The average molecular weight is 271 g/mol. The van der Waals surface area contributed by atoms with Crippen molar-refractivity contribution >= 4 is 28.3 Å². The number of likely N-dealkylation sites (N-methyl/N-ethyl adjacent to an activating group) is 1. The monoisotopic (exact) mass is 271 g/mol. The second kappa shape index (κ2) is 5.45. The molecule has 0 aliphatic rings. The molecule has 100 valence electrons. The maximum absolute atomic E-state index is 12.0. The highest BCUT2D eigenvalue weighted by molar-refractivity contribution is 7.14. The van der Waals surface area contributed by atoms with Crippen molar-refractivity contribution in [2.24, 2.45) is 0 Å². The summed E-state index contributed by atoms with van der Waals surface area (Å²) in [7, 11) is 1.59. The van der Waals surface area contributed by atoms with Crippen molar-refractivity contribution in [3.05, 3.63) is 11.1 Å². The number of amides is 2. The van der Waals surface area contributed by atoms with Gasteiger partial charge in [0.05, 0.1) is 5.60 Å². The summed E-state index contributed by atoms with van der Waals surface area (Å²) >= 11 is 1.19. The van der Waals surface area contributed by atoms with Gasteiger partial charge in [-0.3, -0.25) is 9.59 Å². The number of nitrogens with one attached hydrogen (secondary N) is 1. The molecule has 18 heavy (non-hydrogen) atoms. The van der Waals surface area contributed by atoms with Crippen LogP contribution in [0.5, 0.6) is 0 Å². The molecular formula is C11H17N3O3S. The van der Waals surface area contributed by atoms with Crippen LogP contribution in [0.1, 0.15) is 31.3 Å². The van der Waals surface area contributed by atoms with Crippen molar-refractivity contribution in [3.63, 3.8) is 0 Å². The Bertz CT molecular complexity index is 451. The van der Waals surface area contributed by atoms with E-state index in [1.165, 1.54) is 23.2 Å². The topological polar surface area (TPSA) is 82.5 Å². The molecule has 1 aromatic heterocycles. The molecule has 7 heteroatoms. The molecule has 1 rings (SSSR count). The summed E-state index contributed by atoms with van der Waals surface area (Å²) in [5.74, 6) is -0.516. The molecule has 0 aliphatic carbocycles. The molecular weight excluding hydrogens is 254 g/mol. The first kappa shape index (κ1) is 14.6. The molecule has 0 aliphatic heterocycles. The lowest BCUT2D eigenvalue weighted by Gasteiger charge is -2.24. The number of thiazole rings is 1. The van der Waals surface area contributed by atoms with Crippen LogP contribution >= 0.6 is 11.3 Å². The third-order valence-corrected chi connectivity index (χ3v) is 2.73. The number of hydrogen-bond donors (Lipinski definition) is 2. The molecule has 0 fully saturated rings. The summed E-state index contributed by atoms with van der Waals surface area (Å²) in [6.07, 6.45) is 0. The minimum absolute atomic E-state index is 0.207. The summed E-state index contributed by atoms with van der Waals surface area (Å²) in [4.78, 5) is 28.2. The van der Waals surface area contributed by atoms with Crippen LogP contribution in [0.4, 0.5) is 5.13 Å². The van der Waals surface area contributed by atoms with E-state index in [4.69, 9.17) is 0 Å². The van der Waals surface area contributed by atoms with Gasteiger partial charge < -0.3 is 15.3 Å². The molecule has 2 N–H and O–H groups in total. The lowest BCUT2D eigenvalue weighted by atomic mass is 10.1. The lowest BCUT2D eigenvalue weighted by molar-refractivity contribution is -0.114. The molecule has 0 saturated heterocycles. The number of anilines is 1. The SMILES string of the molecule is CC(=O)Nc1nc(C(=O)N(C)CC(C)(C)O)cs1. The smallest absolute Gasteiger partial charge is 0.273 e. The Morgan fingerprint density at radius 1 is 1.56 bits per heavy atom. The van der Waals surface area contributed by atoms with Crippen molar-refractivity contribution in [2.75, 3.05) is 18.9 Å². The fraction of sp³-hybridized carbons (Fsp3) is 0.545. The van der Waals surface area contributed by atoms with Gasteiger partial charge in [-0.2, -0.15) is 0 Å². The van der Waals surface area contributed by atoms with E-state index in [1.54, 1.807) is 26.3 Å². The third-order valence-electron chi connectivity index (χ3n) is 1.98. The molecule has 6 nitrogen and oxygen atoms in total. The van der Waals surface area contributed by atoms with E-state index >= 15 is 0 Å². The van der Waals surface area contributed by atoms with E-state index in [1.807, 2.05) is 0 Å². The summed E-state index contributed by atoms with van der Waals surface area (Å²) in [5.41, 5.74) is -0.698. The number of hydrogen-bond acceptors (Lipinski definition) is 5. The van der Waals surface area contributed by atoms with Crippen molar-refractivity contribution in [3.8, 4) is 0 Å². The molecule has 2 amide bonds. The quantitative estimate of drug-likeness (QED) is 0.854. The summed E-state index contributed by atoms with van der Waals surface area (Å²) < 4.78 is 0. The van der Waals surface area contributed by atoms with E-state index in [9.17, 15) is 14.7 Å². The Morgan fingerprint density at radius 2 is 2.17 bits per heavy atom. The normalized spacial score (nSPS) is 11.2. The minimum Gasteiger partial charge on any atom is -0.389 e. The number of nitrogens with zero attached hydrogens (tertiary/aromatic N) is 2. The van der Waals surface area contributed by atoms with Gasteiger partial charge >= 0.3 is 0 Å². The van der Waals surface area contributed by atoms with Gasteiger partial charge in [0.1, 0.15) is 5.69 Å². The van der Waals surface area contributed by atoms with Gasteiger partial charge in [0, 0.05) is 25.9 Å². The van der Waals surface area contributed by atoms with Gasteiger partial charge in [0.25, 0.3) is 5.91 Å². The zero-order valence-corrected chi connectivity index (χ0v) is 11.7. The number of carbonyl (C=O) groups is 2. The van der Waals surface area contributed by atoms with Crippen LogP contribution in [0.3, 0.4) is 0 Å². The van der Waals surface area contributed by atoms with Crippen LogP contribution in [-0.4, -0.2) is 46.0 Å². The molecule has 1 aromatic rings. The summed E-state index contributed by atoms with van der Waals surface area (Å²) in [6.45, 7) is 4.84. The highest BCUT2D eigenvalue weighted by Crippen LogP contribution is 2.17. The maximum Gasteiger partial charge on any atom is 0.273 e. The van der Waals surface area contributed by atoms with E-state index < -0.39 is 5.60 Å². The fourth-order valence-corrected chi connectivity index (χ4v) is 2.16. The molecule has 0 saturated carbocycles. The number of aromatic nitrogens is 1. The largest absolute Gasteiger partial charge is 0.389 e. The first-order chi connectivity index (χ1) is 8.19. The number of rotatable bonds is 4. The van der Waals surface area contributed by atoms with E-state index in [0.717, 1.165) is 0 Å². The van der Waals surface area contributed by atoms with Gasteiger partial charge in [0.2, 0.25) is 5.91 Å². The maximum atomic E-state index is 12.0. The molecule has 0 bridgehead atoms. The van der Waals surface area contributed by atoms with Crippen LogP contribution in [0.2, 0.25) is 0 Å². The van der Waals surface area contributed by atoms with Crippen LogP contribution in [-0.2, 0) is 4.79 Å². The Labute approximate surface area is 110 Å². The highest BCUT2D eigenvalue weighted by atomic mass is 32.1. The van der Waals surface area contributed by atoms with E-state index in [2.05, 4.69) is 10.3 Å². The van der Waals surface area contributed by atoms with E-state index in [-0.39, 0.29) is 24.1 Å². The minimum atomic E-state index is -0.957. The molecule has 1 heterocycles. The van der Waals surface area contributed by atoms with Crippen LogP contribution in [0.25, 0.3) is 0 Å². The van der Waals surface area contributed by atoms with Crippen LogP contribution < -0.4 is 5.32 Å². The molecule has 0 spiro atoms. The van der Waals surface area contributed by atoms with Crippen LogP contribution in [0, 0.1) is 0 Å². The lowest BCUT2D eigenvalue weighted by Crippen LogP contribution is -2.39. The molecule has 0 atom stereocenters. The fourth-order valence-electron chi connectivity index (χ4n) is 1.43. The predicted octanol–water partition coefficient (Wildman–Crippen LogP) is 0.944. The van der Waals surface area contributed by atoms with Crippen molar-refractivity contribution < 1.29 is 14.7 Å². The van der Waals surface area contributed by atoms with Gasteiger partial charge in [-0.05, 0) is 13.8 Å². The zero-order chi connectivity index (χ0) is 13.9. The Hall–Kier alpha value is -1.47. The predicted molar refractivity (Wildman–Crippen MR) is 69.7 cm³/mol. The second-order valence-corrected chi connectivity index (χ2v) is 5.55.